The molecule has 0 unspecified atom stereocenters. The largest absolute Gasteiger partial charge is 0.508 e. The summed E-state index contributed by atoms with van der Waals surface area (Å²) >= 11 is 0. The molecule has 2 aromatic carbocycles. The van der Waals surface area contributed by atoms with Crippen molar-refractivity contribution in [3.8, 4) is 16.9 Å². The lowest BCUT2D eigenvalue weighted by atomic mass is 10.0. The first-order valence-corrected chi connectivity index (χ1v) is 5.25. The highest BCUT2D eigenvalue weighted by atomic mass is 19.1. The number of hydrogen-bond acceptors (Lipinski definition) is 2. The highest BCUT2D eigenvalue weighted by Crippen LogP contribution is 2.32. The molecule has 0 bridgehead atoms. The Morgan fingerprint density at radius 2 is 1.68 bits per heavy atom. The van der Waals surface area contributed by atoms with Crippen molar-refractivity contribution in [1.82, 2.24) is 0 Å². The molecule has 0 saturated carbocycles. The summed E-state index contributed by atoms with van der Waals surface area (Å²) in [6, 6.07) is 6.60. The van der Waals surface area contributed by atoms with E-state index in [1.807, 2.05) is 0 Å². The number of nitrogens with one attached hydrogen (secondary N) is 1. The molecule has 1 amide bonds. The summed E-state index contributed by atoms with van der Waals surface area (Å²) in [6.07, 6.45) is -1.32. The van der Waals surface area contributed by atoms with Crippen LogP contribution in [0.2, 0.25) is 0 Å². The number of hydrogen-bond donors (Lipinski definition) is 3. The van der Waals surface area contributed by atoms with Crippen molar-refractivity contribution in [2.75, 3.05) is 5.32 Å². The Kier molecular flexibility index (Phi) is 3.33. The van der Waals surface area contributed by atoms with Crippen LogP contribution < -0.4 is 5.32 Å². The van der Waals surface area contributed by atoms with Crippen molar-refractivity contribution in [2.45, 2.75) is 0 Å². The van der Waals surface area contributed by atoms with E-state index >= 15 is 0 Å². The number of phenolic OH excluding ortho intramolecular Hbond substituents is 1. The van der Waals surface area contributed by atoms with Crippen molar-refractivity contribution in [2.24, 2.45) is 0 Å². The number of halogens is 2. The SMILES string of the molecule is O=C(O)Nc1ccc(O)cc1-c1cc(F)cc(F)c1. The van der Waals surface area contributed by atoms with E-state index in [0.29, 0.717) is 6.07 Å². The average molecular weight is 265 g/mol. The molecule has 0 radical (unpaired) electrons. The zero-order valence-electron chi connectivity index (χ0n) is 9.52. The van der Waals surface area contributed by atoms with Gasteiger partial charge in [-0.3, -0.25) is 5.32 Å². The molecule has 0 heterocycles. The Labute approximate surface area is 106 Å². The van der Waals surface area contributed by atoms with Gasteiger partial charge in [0.25, 0.3) is 0 Å². The van der Waals surface area contributed by atoms with Crippen LogP contribution in [-0.4, -0.2) is 16.3 Å². The van der Waals surface area contributed by atoms with Crippen LogP contribution >= 0.6 is 0 Å². The number of rotatable bonds is 2. The molecule has 6 heteroatoms. The maximum atomic E-state index is 13.2. The first-order valence-electron chi connectivity index (χ1n) is 5.25. The number of amides is 1. The maximum Gasteiger partial charge on any atom is 0.409 e. The molecule has 4 nitrogen and oxygen atoms in total. The molecular formula is C13H9F2NO3. The van der Waals surface area contributed by atoms with Gasteiger partial charge in [-0.1, -0.05) is 0 Å². The first-order chi connectivity index (χ1) is 8.95. The Morgan fingerprint density at radius 1 is 1.05 bits per heavy atom. The molecular weight excluding hydrogens is 256 g/mol. The van der Waals surface area contributed by atoms with Crippen LogP contribution in [0, 0.1) is 11.6 Å². The second kappa shape index (κ2) is 4.93. The number of aromatic hydroxyl groups is 1. The molecule has 0 spiro atoms. The van der Waals surface area contributed by atoms with E-state index in [-0.39, 0.29) is 22.6 Å². The fourth-order valence-corrected chi connectivity index (χ4v) is 1.70. The highest BCUT2D eigenvalue weighted by Gasteiger charge is 2.11. The van der Waals surface area contributed by atoms with Gasteiger partial charge in [-0.15, -0.1) is 0 Å². The summed E-state index contributed by atoms with van der Waals surface area (Å²) in [5.41, 5.74) is 0.424. The minimum absolute atomic E-state index is 0.121. The summed E-state index contributed by atoms with van der Waals surface area (Å²) in [5.74, 6) is -1.73. The zero-order valence-corrected chi connectivity index (χ0v) is 9.52. The minimum Gasteiger partial charge on any atom is -0.508 e. The van der Waals surface area contributed by atoms with E-state index in [4.69, 9.17) is 5.11 Å². The molecule has 3 N–H and O–H groups in total. The molecule has 19 heavy (non-hydrogen) atoms. The second-order valence-electron chi connectivity index (χ2n) is 3.82. The van der Waals surface area contributed by atoms with E-state index in [0.717, 1.165) is 12.1 Å². The normalized spacial score (nSPS) is 10.2. The third kappa shape index (κ3) is 2.98. The van der Waals surface area contributed by atoms with E-state index in [2.05, 4.69) is 5.32 Å². The predicted octanol–water partition coefficient (Wildman–Crippen LogP) is 3.43. The number of carboxylic acid groups (broad SMARTS) is 1. The predicted molar refractivity (Wildman–Crippen MR) is 65.1 cm³/mol. The fraction of sp³-hybridized carbons (Fsp3) is 0. The summed E-state index contributed by atoms with van der Waals surface area (Å²) in [5, 5.41) is 20.2. The summed E-state index contributed by atoms with van der Waals surface area (Å²) in [6.45, 7) is 0. The molecule has 0 saturated heterocycles. The third-order valence-electron chi connectivity index (χ3n) is 2.42. The Balaban J connectivity index is 2.58. The van der Waals surface area contributed by atoms with Crippen LogP contribution in [0.3, 0.4) is 0 Å². The quantitative estimate of drug-likeness (QED) is 0.728. The maximum absolute atomic E-state index is 13.2. The minimum atomic E-state index is -1.32. The molecule has 98 valence electrons. The van der Waals surface area contributed by atoms with Crippen LogP contribution in [0.5, 0.6) is 5.75 Å². The Morgan fingerprint density at radius 3 is 2.26 bits per heavy atom. The van der Waals surface area contributed by atoms with E-state index < -0.39 is 17.7 Å². The Hall–Kier alpha value is -2.63. The van der Waals surface area contributed by atoms with Gasteiger partial charge in [-0.05, 0) is 35.9 Å². The second-order valence-corrected chi connectivity index (χ2v) is 3.82. The van der Waals surface area contributed by atoms with E-state index in [1.165, 1.54) is 18.2 Å². The topological polar surface area (TPSA) is 69.6 Å². The first kappa shape index (κ1) is 12.8. The summed E-state index contributed by atoms with van der Waals surface area (Å²) in [4.78, 5) is 10.6. The van der Waals surface area contributed by atoms with Crippen molar-refractivity contribution >= 4 is 11.8 Å². The van der Waals surface area contributed by atoms with Gasteiger partial charge < -0.3 is 10.2 Å². The van der Waals surface area contributed by atoms with Crippen molar-refractivity contribution < 1.29 is 23.8 Å². The van der Waals surface area contributed by atoms with E-state index in [9.17, 15) is 18.7 Å². The highest BCUT2D eigenvalue weighted by molar-refractivity contribution is 5.91. The van der Waals surface area contributed by atoms with Crippen molar-refractivity contribution in [3.05, 3.63) is 48.0 Å². The van der Waals surface area contributed by atoms with Gasteiger partial charge in [0, 0.05) is 11.6 Å². The van der Waals surface area contributed by atoms with E-state index in [1.54, 1.807) is 0 Å². The van der Waals surface area contributed by atoms with Gasteiger partial charge in [-0.25, -0.2) is 13.6 Å². The van der Waals surface area contributed by atoms with Crippen LogP contribution in [0.1, 0.15) is 0 Å². The van der Waals surface area contributed by atoms with Crippen LogP contribution in [0.4, 0.5) is 19.3 Å². The van der Waals surface area contributed by atoms with Crippen LogP contribution in [0.15, 0.2) is 36.4 Å². The lowest BCUT2D eigenvalue weighted by Crippen LogP contribution is -2.08. The molecule has 0 fully saturated rings. The van der Waals surface area contributed by atoms with Crippen molar-refractivity contribution in [1.29, 1.82) is 0 Å². The summed E-state index contributed by atoms with van der Waals surface area (Å²) in [7, 11) is 0. The molecule has 2 rings (SSSR count). The molecule has 0 atom stereocenters. The van der Waals surface area contributed by atoms with Crippen LogP contribution in [0.25, 0.3) is 11.1 Å². The average Bonchev–Trinajstić information content (AvgIpc) is 2.29. The fourth-order valence-electron chi connectivity index (χ4n) is 1.70. The number of benzene rings is 2. The van der Waals surface area contributed by atoms with Gasteiger partial charge in [0.1, 0.15) is 17.4 Å². The Bertz CT molecular complexity index is 624. The van der Waals surface area contributed by atoms with Crippen molar-refractivity contribution in [3.63, 3.8) is 0 Å². The van der Waals surface area contributed by atoms with Gasteiger partial charge in [0.15, 0.2) is 0 Å². The lowest BCUT2D eigenvalue weighted by molar-refractivity contribution is 0.210. The zero-order chi connectivity index (χ0) is 14.0. The van der Waals surface area contributed by atoms with Crippen LogP contribution in [-0.2, 0) is 0 Å². The molecule has 0 aliphatic rings. The standard InChI is InChI=1S/C13H9F2NO3/c14-8-3-7(4-9(15)5-8)11-6-10(17)1-2-12(11)16-13(18)19/h1-6,16-17H,(H,18,19). The summed E-state index contributed by atoms with van der Waals surface area (Å²) < 4.78 is 26.3. The molecule has 2 aromatic rings. The molecule has 0 aromatic heterocycles. The molecule has 0 aliphatic heterocycles. The number of phenols is 1. The smallest absolute Gasteiger partial charge is 0.409 e. The van der Waals surface area contributed by atoms with Gasteiger partial charge in [-0.2, -0.15) is 0 Å². The third-order valence-corrected chi connectivity index (χ3v) is 2.42. The van der Waals surface area contributed by atoms with Gasteiger partial charge in [0.2, 0.25) is 0 Å². The monoisotopic (exact) mass is 265 g/mol. The number of anilines is 1. The van der Waals surface area contributed by atoms with Gasteiger partial charge in [0.05, 0.1) is 5.69 Å². The molecule has 0 aliphatic carbocycles. The van der Waals surface area contributed by atoms with Gasteiger partial charge >= 0.3 is 6.09 Å². The lowest BCUT2D eigenvalue weighted by Gasteiger charge is -2.10. The number of carbonyl (C=O) groups is 1.